The SMILES string of the molecule is COc1ccc(CC2(C)CN3C=C(CCl)SC3=N2)cc1. The molecule has 0 fully saturated rings. The molecule has 1 unspecified atom stereocenters. The highest BCUT2D eigenvalue weighted by Crippen LogP contribution is 2.37. The van der Waals surface area contributed by atoms with Gasteiger partial charge in [0.1, 0.15) is 5.75 Å². The maximum atomic E-state index is 5.87. The van der Waals surface area contributed by atoms with E-state index in [9.17, 15) is 0 Å². The molecule has 2 aliphatic heterocycles. The minimum Gasteiger partial charge on any atom is -0.497 e. The molecule has 1 aromatic carbocycles. The summed E-state index contributed by atoms with van der Waals surface area (Å²) in [6.07, 6.45) is 3.05. The van der Waals surface area contributed by atoms with E-state index in [4.69, 9.17) is 21.3 Å². The predicted octanol–water partition coefficient (Wildman–Crippen LogP) is 3.50. The molecular formula is C15H17ClN2OS. The van der Waals surface area contributed by atoms with E-state index in [2.05, 4.69) is 30.2 Å². The number of alkyl halides is 1. The van der Waals surface area contributed by atoms with Gasteiger partial charge < -0.3 is 9.64 Å². The van der Waals surface area contributed by atoms with Crippen LogP contribution < -0.4 is 4.74 Å². The molecule has 1 aromatic rings. The Morgan fingerprint density at radius 2 is 2.15 bits per heavy atom. The Labute approximate surface area is 128 Å². The number of rotatable bonds is 4. The maximum absolute atomic E-state index is 5.87. The second-order valence-corrected chi connectivity index (χ2v) is 6.74. The van der Waals surface area contributed by atoms with Crippen LogP contribution in [0.2, 0.25) is 0 Å². The summed E-state index contributed by atoms with van der Waals surface area (Å²) in [5, 5.41) is 1.08. The average molecular weight is 309 g/mol. The smallest absolute Gasteiger partial charge is 0.168 e. The van der Waals surface area contributed by atoms with Crippen molar-refractivity contribution in [3.05, 3.63) is 40.9 Å². The number of fused-ring (bicyclic) bond motifs is 1. The van der Waals surface area contributed by atoms with E-state index in [-0.39, 0.29) is 5.54 Å². The van der Waals surface area contributed by atoms with Gasteiger partial charge in [-0.3, -0.25) is 4.99 Å². The third kappa shape index (κ3) is 2.67. The first-order valence-electron chi connectivity index (χ1n) is 6.56. The first-order chi connectivity index (χ1) is 9.62. The molecule has 0 aromatic heterocycles. The van der Waals surface area contributed by atoms with Crippen LogP contribution in [-0.2, 0) is 6.42 Å². The fourth-order valence-electron chi connectivity index (χ4n) is 2.61. The van der Waals surface area contributed by atoms with E-state index in [1.807, 2.05) is 12.1 Å². The van der Waals surface area contributed by atoms with Crippen molar-refractivity contribution < 1.29 is 4.74 Å². The quantitative estimate of drug-likeness (QED) is 0.796. The molecule has 1 atom stereocenters. The lowest BCUT2D eigenvalue weighted by molar-refractivity contribution is 0.411. The van der Waals surface area contributed by atoms with Gasteiger partial charge in [0, 0.05) is 17.6 Å². The van der Waals surface area contributed by atoms with Gasteiger partial charge >= 0.3 is 0 Å². The summed E-state index contributed by atoms with van der Waals surface area (Å²) >= 11 is 7.55. The third-order valence-electron chi connectivity index (χ3n) is 3.52. The summed E-state index contributed by atoms with van der Waals surface area (Å²) in [4.78, 5) is 8.27. The Bertz CT molecular complexity index is 570. The van der Waals surface area contributed by atoms with Crippen molar-refractivity contribution in [2.75, 3.05) is 19.5 Å². The summed E-state index contributed by atoms with van der Waals surface area (Å²) in [5.41, 5.74) is 1.22. The van der Waals surface area contributed by atoms with Gasteiger partial charge in [0.05, 0.1) is 18.5 Å². The first kappa shape index (κ1) is 13.8. The summed E-state index contributed by atoms with van der Waals surface area (Å²) in [6, 6.07) is 8.23. The highest BCUT2D eigenvalue weighted by molar-refractivity contribution is 8.17. The van der Waals surface area contributed by atoms with Crippen LogP contribution in [0.1, 0.15) is 12.5 Å². The summed E-state index contributed by atoms with van der Waals surface area (Å²) in [5.74, 6) is 1.46. The van der Waals surface area contributed by atoms with E-state index in [0.717, 1.165) is 23.9 Å². The minimum atomic E-state index is -0.0642. The molecule has 20 heavy (non-hydrogen) atoms. The molecule has 5 heteroatoms. The Balaban J connectivity index is 1.71. The van der Waals surface area contributed by atoms with Crippen LogP contribution in [0.25, 0.3) is 0 Å². The van der Waals surface area contributed by atoms with Crippen molar-refractivity contribution in [3.63, 3.8) is 0 Å². The van der Waals surface area contributed by atoms with Crippen LogP contribution in [-0.4, -0.2) is 35.1 Å². The molecule has 106 valence electrons. The molecule has 0 saturated heterocycles. The van der Waals surface area contributed by atoms with Crippen LogP contribution >= 0.6 is 23.4 Å². The van der Waals surface area contributed by atoms with Crippen molar-refractivity contribution in [3.8, 4) is 5.75 Å². The minimum absolute atomic E-state index is 0.0642. The Morgan fingerprint density at radius 3 is 2.75 bits per heavy atom. The molecule has 0 N–H and O–H groups in total. The molecular weight excluding hydrogens is 292 g/mol. The molecule has 2 heterocycles. The number of allylic oxidation sites excluding steroid dienone is 1. The zero-order chi connectivity index (χ0) is 14.2. The monoisotopic (exact) mass is 308 g/mol. The average Bonchev–Trinajstić information content (AvgIpc) is 2.93. The molecule has 0 bridgehead atoms. The van der Waals surface area contributed by atoms with Gasteiger partial charge in [0.15, 0.2) is 5.17 Å². The summed E-state index contributed by atoms with van der Waals surface area (Å²) in [7, 11) is 1.69. The van der Waals surface area contributed by atoms with Gasteiger partial charge in [-0.15, -0.1) is 11.6 Å². The van der Waals surface area contributed by atoms with E-state index in [0.29, 0.717) is 5.88 Å². The zero-order valence-electron chi connectivity index (χ0n) is 11.6. The number of thioether (sulfide) groups is 1. The molecule has 0 saturated carbocycles. The Morgan fingerprint density at radius 1 is 1.40 bits per heavy atom. The molecule has 3 rings (SSSR count). The fraction of sp³-hybridized carbons (Fsp3) is 0.400. The van der Waals surface area contributed by atoms with Crippen LogP contribution in [0, 0.1) is 0 Å². The number of hydrogen-bond donors (Lipinski definition) is 0. The summed E-state index contributed by atoms with van der Waals surface area (Å²) < 4.78 is 5.19. The van der Waals surface area contributed by atoms with Crippen LogP contribution in [0.4, 0.5) is 0 Å². The highest BCUT2D eigenvalue weighted by Gasteiger charge is 2.37. The second kappa shape index (κ2) is 5.34. The number of hydrogen-bond acceptors (Lipinski definition) is 4. The van der Waals surface area contributed by atoms with Gasteiger partial charge in [-0.05, 0) is 31.0 Å². The van der Waals surface area contributed by atoms with E-state index < -0.39 is 0 Å². The molecule has 0 radical (unpaired) electrons. The van der Waals surface area contributed by atoms with Crippen LogP contribution in [0.5, 0.6) is 5.75 Å². The predicted molar refractivity (Wildman–Crippen MR) is 85.6 cm³/mol. The van der Waals surface area contributed by atoms with Crippen molar-refractivity contribution >= 4 is 28.5 Å². The van der Waals surface area contributed by atoms with Crippen LogP contribution in [0.3, 0.4) is 0 Å². The number of nitrogens with zero attached hydrogens (tertiary/aromatic N) is 2. The normalized spacial score (nSPS) is 24.4. The first-order valence-corrected chi connectivity index (χ1v) is 7.91. The number of benzene rings is 1. The Hall–Kier alpha value is -1.13. The zero-order valence-corrected chi connectivity index (χ0v) is 13.2. The number of ether oxygens (including phenoxy) is 1. The van der Waals surface area contributed by atoms with E-state index in [1.165, 1.54) is 10.5 Å². The highest BCUT2D eigenvalue weighted by atomic mass is 35.5. The van der Waals surface area contributed by atoms with E-state index >= 15 is 0 Å². The van der Waals surface area contributed by atoms with Crippen molar-refractivity contribution in [2.24, 2.45) is 4.99 Å². The molecule has 2 aliphatic rings. The largest absolute Gasteiger partial charge is 0.497 e. The molecule has 0 spiro atoms. The molecule has 0 aliphatic carbocycles. The van der Waals surface area contributed by atoms with Gasteiger partial charge in [0.2, 0.25) is 0 Å². The van der Waals surface area contributed by atoms with Gasteiger partial charge in [-0.25, -0.2) is 0 Å². The Kier molecular flexibility index (Phi) is 3.69. The van der Waals surface area contributed by atoms with E-state index in [1.54, 1.807) is 18.9 Å². The number of methoxy groups -OCH3 is 1. The lowest BCUT2D eigenvalue weighted by Gasteiger charge is -2.22. The van der Waals surface area contributed by atoms with Crippen LogP contribution in [0.15, 0.2) is 40.4 Å². The lowest BCUT2D eigenvalue weighted by atomic mass is 9.94. The molecule has 0 amide bonds. The van der Waals surface area contributed by atoms with Crippen molar-refractivity contribution in [1.29, 1.82) is 0 Å². The third-order valence-corrected chi connectivity index (χ3v) is 4.99. The number of amidine groups is 1. The van der Waals surface area contributed by atoms with Crippen molar-refractivity contribution in [1.82, 2.24) is 4.90 Å². The van der Waals surface area contributed by atoms with Gasteiger partial charge in [-0.1, -0.05) is 23.9 Å². The number of halogens is 1. The maximum Gasteiger partial charge on any atom is 0.168 e. The standard InChI is InChI=1S/C15H17ClN2OS/c1-15(7-11-3-5-12(19-2)6-4-11)10-18-9-13(8-16)20-14(18)17-15/h3-6,9H,7-8,10H2,1-2H3. The van der Waals surface area contributed by atoms with Gasteiger partial charge in [0.25, 0.3) is 0 Å². The number of aliphatic imine (C=N–C) groups is 1. The van der Waals surface area contributed by atoms with Crippen molar-refractivity contribution in [2.45, 2.75) is 18.9 Å². The fourth-order valence-corrected chi connectivity index (χ4v) is 3.81. The second-order valence-electron chi connectivity index (χ2n) is 5.38. The summed E-state index contributed by atoms with van der Waals surface area (Å²) in [6.45, 7) is 3.12. The molecule has 3 nitrogen and oxygen atoms in total. The topological polar surface area (TPSA) is 24.8 Å². The van der Waals surface area contributed by atoms with Gasteiger partial charge in [-0.2, -0.15) is 0 Å². The lowest BCUT2D eigenvalue weighted by Crippen LogP contribution is -2.31.